The highest BCUT2D eigenvalue weighted by atomic mass is 16.7. The lowest BCUT2D eigenvalue weighted by Gasteiger charge is -2.14. The molecule has 0 aromatic heterocycles. The van der Waals surface area contributed by atoms with Crippen molar-refractivity contribution in [3.63, 3.8) is 0 Å². The summed E-state index contributed by atoms with van der Waals surface area (Å²) in [5, 5.41) is 0. The normalized spacial score (nSPS) is 12.4. The van der Waals surface area contributed by atoms with E-state index < -0.39 is 6.09 Å². The van der Waals surface area contributed by atoms with Crippen molar-refractivity contribution in [2.75, 3.05) is 33.5 Å². The standard InChI is InChI=1S/C8H17NO5/c1-3-13-7(11-2)6-12-4-5-14-8(9)10/h7H,3-6H2,1-2H3,(H2,9,10). The van der Waals surface area contributed by atoms with Gasteiger partial charge < -0.3 is 24.7 Å². The van der Waals surface area contributed by atoms with Gasteiger partial charge in [0, 0.05) is 13.7 Å². The van der Waals surface area contributed by atoms with Crippen LogP contribution in [0.25, 0.3) is 0 Å². The fourth-order valence-electron chi connectivity index (χ4n) is 0.751. The van der Waals surface area contributed by atoms with Gasteiger partial charge in [-0.05, 0) is 6.92 Å². The maximum absolute atomic E-state index is 10.2. The Kier molecular flexibility index (Phi) is 8.20. The molecule has 6 nitrogen and oxygen atoms in total. The number of hydrogen-bond acceptors (Lipinski definition) is 5. The van der Waals surface area contributed by atoms with Crippen LogP contribution < -0.4 is 5.73 Å². The van der Waals surface area contributed by atoms with E-state index in [0.717, 1.165) is 0 Å². The summed E-state index contributed by atoms with van der Waals surface area (Å²) in [4.78, 5) is 10.2. The number of carbonyl (C=O) groups is 1. The minimum Gasteiger partial charge on any atom is -0.447 e. The lowest BCUT2D eigenvalue weighted by atomic mass is 10.6. The van der Waals surface area contributed by atoms with Crippen LogP contribution in [0.15, 0.2) is 0 Å². The first-order valence-corrected chi connectivity index (χ1v) is 4.35. The maximum Gasteiger partial charge on any atom is 0.404 e. The molecule has 0 aromatic rings. The summed E-state index contributed by atoms with van der Waals surface area (Å²) in [5.41, 5.74) is 4.74. The number of methoxy groups -OCH3 is 1. The van der Waals surface area contributed by atoms with E-state index in [-0.39, 0.29) is 19.5 Å². The molecule has 0 saturated carbocycles. The smallest absolute Gasteiger partial charge is 0.404 e. The first-order chi connectivity index (χ1) is 6.70. The van der Waals surface area contributed by atoms with Gasteiger partial charge in [-0.3, -0.25) is 0 Å². The second-order valence-electron chi connectivity index (χ2n) is 2.36. The number of nitrogens with two attached hydrogens (primary N) is 1. The van der Waals surface area contributed by atoms with Gasteiger partial charge in [-0.15, -0.1) is 0 Å². The van der Waals surface area contributed by atoms with Crippen molar-refractivity contribution in [1.29, 1.82) is 0 Å². The number of ether oxygens (including phenoxy) is 4. The predicted octanol–water partition coefficient (Wildman–Crippen LogP) is 0.107. The van der Waals surface area contributed by atoms with Gasteiger partial charge in [0.05, 0.1) is 13.2 Å². The van der Waals surface area contributed by atoms with Gasteiger partial charge in [0.15, 0.2) is 6.29 Å². The average molecular weight is 207 g/mol. The number of rotatable bonds is 8. The molecule has 2 N–H and O–H groups in total. The second-order valence-corrected chi connectivity index (χ2v) is 2.36. The van der Waals surface area contributed by atoms with Gasteiger partial charge in [0.1, 0.15) is 6.61 Å². The molecule has 0 aliphatic carbocycles. The maximum atomic E-state index is 10.2. The molecule has 1 atom stereocenters. The monoisotopic (exact) mass is 207 g/mol. The molecule has 0 bridgehead atoms. The van der Waals surface area contributed by atoms with E-state index >= 15 is 0 Å². The van der Waals surface area contributed by atoms with Gasteiger partial charge in [-0.25, -0.2) is 4.79 Å². The molecule has 1 unspecified atom stereocenters. The summed E-state index contributed by atoms with van der Waals surface area (Å²) in [6.45, 7) is 3.13. The number of amides is 1. The summed E-state index contributed by atoms with van der Waals surface area (Å²) in [6, 6.07) is 0. The lowest BCUT2D eigenvalue weighted by Crippen LogP contribution is -2.24. The van der Waals surface area contributed by atoms with Gasteiger partial charge in [-0.1, -0.05) is 0 Å². The summed E-state index contributed by atoms with van der Waals surface area (Å²) in [5.74, 6) is 0. The summed E-state index contributed by atoms with van der Waals surface area (Å²) < 4.78 is 19.6. The zero-order valence-electron chi connectivity index (χ0n) is 8.52. The van der Waals surface area contributed by atoms with Crippen LogP contribution in [0.1, 0.15) is 6.92 Å². The van der Waals surface area contributed by atoms with E-state index in [1.165, 1.54) is 7.11 Å². The summed E-state index contributed by atoms with van der Waals surface area (Å²) in [6.07, 6.45) is -1.18. The Morgan fingerprint density at radius 2 is 2.14 bits per heavy atom. The Balaban J connectivity index is 3.28. The third-order valence-corrected chi connectivity index (χ3v) is 1.34. The highest BCUT2D eigenvalue weighted by Crippen LogP contribution is 1.93. The van der Waals surface area contributed by atoms with E-state index in [0.29, 0.717) is 13.2 Å². The fourth-order valence-corrected chi connectivity index (χ4v) is 0.751. The van der Waals surface area contributed by atoms with Crippen molar-refractivity contribution in [3.05, 3.63) is 0 Å². The van der Waals surface area contributed by atoms with Crippen LogP contribution in [0.4, 0.5) is 4.79 Å². The number of hydrogen-bond donors (Lipinski definition) is 1. The van der Waals surface area contributed by atoms with Crippen LogP contribution in [0.2, 0.25) is 0 Å². The quantitative estimate of drug-likeness (QED) is 0.451. The molecule has 0 aliphatic heterocycles. The molecular weight excluding hydrogens is 190 g/mol. The summed E-state index contributed by atoms with van der Waals surface area (Å²) in [7, 11) is 1.53. The molecule has 0 spiro atoms. The molecule has 1 amide bonds. The van der Waals surface area contributed by atoms with Crippen molar-refractivity contribution in [2.24, 2.45) is 5.73 Å². The molecule has 6 heteroatoms. The van der Waals surface area contributed by atoms with Crippen LogP contribution >= 0.6 is 0 Å². The van der Waals surface area contributed by atoms with Crippen molar-refractivity contribution < 1.29 is 23.7 Å². The minimum absolute atomic E-state index is 0.137. The van der Waals surface area contributed by atoms with Gasteiger partial charge >= 0.3 is 6.09 Å². The highest BCUT2D eigenvalue weighted by Gasteiger charge is 2.05. The topological polar surface area (TPSA) is 80.0 Å². The minimum atomic E-state index is -0.804. The van der Waals surface area contributed by atoms with E-state index in [2.05, 4.69) is 4.74 Å². The van der Waals surface area contributed by atoms with E-state index in [9.17, 15) is 4.79 Å². The van der Waals surface area contributed by atoms with Crippen LogP contribution in [-0.4, -0.2) is 45.9 Å². The molecule has 0 heterocycles. The van der Waals surface area contributed by atoms with E-state index in [4.69, 9.17) is 19.9 Å². The Hall–Kier alpha value is -0.850. The van der Waals surface area contributed by atoms with Crippen LogP contribution in [0, 0.1) is 0 Å². The first kappa shape index (κ1) is 13.2. The summed E-state index contributed by atoms with van der Waals surface area (Å²) >= 11 is 0. The Morgan fingerprint density at radius 3 is 2.64 bits per heavy atom. The van der Waals surface area contributed by atoms with Crippen LogP contribution in [0.5, 0.6) is 0 Å². The van der Waals surface area contributed by atoms with Crippen molar-refractivity contribution >= 4 is 6.09 Å². The molecular formula is C8H17NO5. The first-order valence-electron chi connectivity index (χ1n) is 4.35. The third-order valence-electron chi connectivity index (χ3n) is 1.34. The fraction of sp³-hybridized carbons (Fsp3) is 0.875. The van der Waals surface area contributed by atoms with Crippen molar-refractivity contribution in [2.45, 2.75) is 13.2 Å². The highest BCUT2D eigenvalue weighted by molar-refractivity contribution is 5.64. The van der Waals surface area contributed by atoms with Crippen molar-refractivity contribution in [1.82, 2.24) is 0 Å². The Morgan fingerprint density at radius 1 is 1.43 bits per heavy atom. The molecule has 0 saturated heterocycles. The Labute approximate surface area is 83.2 Å². The average Bonchev–Trinajstić information content (AvgIpc) is 2.15. The molecule has 0 radical (unpaired) electrons. The molecule has 0 aromatic carbocycles. The molecule has 0 aliphatic rings. The molecule has 84 valence electrons. The number of carbonyl (C=O) groups excluding carboxylic acids is 1. The number of primary amides is 1. The largest absolute Gasteiger partial charge is 0.447 e. The molecule has 14 heavy (non-hydrogen) atoms. The predicted molar refractivity (Wildman–Crippen MR) is 48.8 cm³/mol. The SMILES string of the molecule is CCOC(COCCOC(N)=O)OC. The molecule has 0 rings (SSSR count). The zero-order valence-corrected chi connectivity index (χ0v) is 8.52. The third kappa shape index (κ3) is 7.78. The zero-order chi connectivity index (χ0) is 10.8. The van der Waals surface area contributed by atoms with Gasteiger partial charge in [-0.2, -0.15) is 0 Å². The Bertz CT molecular complexity index is 153. The van der Waals surface area contributed by atoms with Crippen LogP contribution in [0.3, 0.4) is 0 Å². The van der Waals surface area contributed by atoms with E-state index in [1.807, 2.05) is 6.92 Å². The molecule has 0 fully saturated rings. The van der Waals surface area contributed by atoms with Crippen LogP contribution in [-0.2, 0) is 18.9 Å². The van der Waals surface area contributed by atoms with Gasteiger partial charge in [0.2, 0.25) is 0 Å². The van der Waals surface area contributed by atoms with Gasteiger partial charge in [0.25, 0.3) is 0 Å². The lowest BCUT2D eigenvalue weighted by molar-refractivity contribution is -0.155. The second kappa shape index (κ2) is 8.74. The van der Waals surface area contributed by atoms with Crippen molar-refractivity contribution in [3.8, 4) is 0 Å². The van der Waals surface area contributed by atoms with E-state index in [1.54, 1.807) is 0 Å².